The Labute approximate surface area is 287 Å². The minimum atomic E-state index is -2.23. The van der Waals surface area contributed by atoms with Gasteiger partial charge in [0.05, 0.1) is 35.1 Å². The number of nitrogens with zero attached hydrogens (tertiary/aromatic N) is 1. The summed E-state index contributed by atoms with van der Waals surface area (Å²) in [4.78, 5) is 41.5. The van der Waals surface area contributed by atoms with Crippen molar-refractivity contribution in [1.29, 1.82) is 0 Å². The molecule has 0 aromatic heterocycles. The van der Waals surface area contributed by atoms with E-state index in [0.717, 1.165) is 19.4 Å². The molecule has 13 heteroatoms. The summed E-state index contributed by atoms with van der Waals surface area (Å²) in [5, 5.41) is 62.3. The monoisotopic (exact) mass is 693 g/mol. The third-order valence-corrected chi connectivity index (χ3v) is 14.6. The first-order chi connectivity index (χ1) is 22.8. The molecule has 1 spiro atoms. The van der Waals surface area contributed by atoms with Crippen molar-refractivity contribution in [1.82, 2.24) is 4.90 Å². The Hall–Kier alpha value is -1.87. The number of hydrogen-bond acceptors (Lipinski definition) is 13. The summed E-state index contributed by atoms with van der Waals surface area (Å²) in [7, 11) is 0. The lowest BCUT2D eigenvalue weighted by Gasteiger charge is -2.64. The second-order valence-corrected chi connectivity index (χ2v) is 17.2. The molecule has 4 saturated carbocycles. The van der Waals surface area contributed by atoms with Crippen LogP contribution in [-0.4, -0.2) is 121 Å². The minimum absolute atomic E-state index is 0.0934. The summed E-state index contributed by atoms with van der Waals surface area (Å²) >= 11 is 0. The van der Waals surface area contributed by atoms with Gasteiger partial charge in [-0.1, -0.05) is 27.7 Å². The normalized spacial score (nSPS) is 54.9. The van der Waals surface area contributed by atoms with Crippen LogP contribution in [0.4, 0.5) is 0 Å². The highest BCUT2D eigenvalue weighted by Gasteiger charge is 2.89. The molecule has 4 aliphatic carbocycles. The van der Waals surface area contributed by atoms with Crippen LogP contribution in [0.5, 0.6) is 0 Å². The maximum Gasteiger partial charge on any atom is 0.309 e. The lowest BCUT2D eigenvalue weighted by Crippen LogP contribution is -2.78. The Morgan fingerprint density at radius 2 is 1.57 bits per heavy atom. The van der Waals surface area contributed by atoms with Crippen LogP contribution in [0.15, 0.2) is 0 Å². The first kappa shape index (κ1) is 35.5. The van der Waals surface area contributed by atoms with Gasteiger partial charge in [-0.15, -0.1) is 0 Å². The third kappa shape index (κ3) is 4.51. The number of hydrogen-bond donors (Lipinski definition) is 5. The van der Waals surface area contributed by atoms with Gasteiger partial charge in [0.2, 0.25) is 0 Å². The molecule has 7 rings (SSSR count). The zero-order valence-electron chi connectivity index (χ0n) is 29.7. The standard InChI is InChI=1S/C36H55NO12/c1-8-17(3)31(42)48-30-25(41)24-20(15-37-14-16(2)9-10-22(37)33(24,7)43)21-13-34-29(35(21,30)44)27(47-19(5)39)26(46-18(4)38)28-32(34,6)12-11-23(40)36(28,45)49-34/h16-17,20-30,40-41,43-45H,8-15H2,1-7H3. The molecule has 3 aliphatic heterocycles. The van der Waals surface area contributed by atoms with Gasteiger partial charge in [0.15, 0.2) is 11.9 Å². The molecule has 5 N–H and O–H groups in total. The maximum atomic E-state index is 13.7. The molecule has 7 aliphatic rings. The number of carbonyl (C=O) groups is 3. The predicted octanol–water partition coefficient (Wildman–Crippen LogP) is 0.895. The van der Waals surface area contributed by atoms with E-state index in [4.69, 9.17) is 18.9 Å². The van der Waals surface area contributed by atoms with Crippen LogP contribution in [0.1, 0.15) is 87.0 Å². The highest BCUT2D eigenvalue weighted by atomic mass is 16.7. The Morgan fingerprint density at radius 1 is 0.939 bits per heavy atom. The fraction of sp³-hybridized carbons (Fsp3) is 0.917. The van der Waals surface area contributed by atoms with Gasteiger partial charge >= 0.3 is 17.9 Å². The summed E-state index contributed by atoms with van der Waals surface area (Å²) in [6.07, 6.45) is -4.60. The van der Waals surface area contributed by atoms with E-state index in [1.54, 1.807) is 13.8 Å². The van der Waals surface area contributed by atoms with Gasteiger partial charge in [-0.05, 0) is 63.2 Å². The van der Waals surface area contributed by atoms with Gasteiger partial charge in [-0.3, -0.25) is 19.3 Å². The van der Waals surface area contributed by atoms with Gasteiger partial charge < -0.3 is 44.5 Å². The minimum Gasteiger partial charge on any atom is -0.458 e. The van der Waals surface area contributed by atoms with Crippen molar-refractivity contribution in [3.63, 3.8) is 0 Å². The van der Waals surface area contributed by atoms with E-state index in [2.05, 4.69) is 11.8 Å². The topological polar surface area (TPSA) is 193 Å². The fourth-order valence-corrected chi connectivity index (χ4v) is 12.6. The Bertz CT molecular complexity index is 1390. The maximum absolute atomic E-state index is 13.7. The van der Waals surface area contributed by atoms with Crippen molar-refractivity contribution in [2.75, 3.05) is 13.1 Å². The van der Waals surface area contributed by atoms with Crippen molar-refractivity contribution in [3.8, 4) is 0 Å². The summed E-state index contributed by atoms with van der Waals surface area (Å²) in [5.74, 6) is -8.98. The molecule has 18 atom stereocenters. The van der Waals surface area contributed by atoms with E-state index < -0.39 is 112 Å². The first-order valence-electron chi connectivity index (χ1n) is 18.3. The third-order valence-electron chi connectivity index (χ3n) is 14.6. The van der Waals surface area contributed by atoms with Crippen molar-refractivity contribution in [3.05, 3.63) is 0 Å². The van der Waals surface area contributed by atoms with Crippen molar-refractivity contribution < 1.29 is 58.9 Å². The lowest BCUT2D eigenvalue weighted by atomic mass is 9.48. The molecule has 0 radical (unpaired) electrons. The smallest absolute Gasteiger partial charge is 0.309 e. The number of aliphatic hydroxyl groups is 5. The number of carbonyl (C=O) groups excluding carboxylic acids is 3. The van der Waals surface area contributed by atoms with Gasteiger partial charge in [-0.25, -0.2) is 0 Å². The zero-order chi connectivity index (χ0) is 35.8. The lowest BCUT2D eigenvalue weighted by molar-refractivity contribution is -0.301. The summed E-state index contributed by atoms with van der Waals surface area (Å²) in [5.41, 5.74) is -6.08. The second-order valence-electron chi connectivity index (χ2n) is 17.2. The van der Waals surface area contributed by atoms with Crippen LogP contribution >= 0.6 is 0 Å². The highest BCUT2D eigenvalue weighted by molar-refractivity contribution is 5.72. The highest BCUT2D eigenvalue weighted by Crippen LogP contribution is 2.77. The molecular weight excluding hydrogens is 638 g/mol. The largest absolute Gasteiger partial charge is 0.458 e. The molecule has 0 amide bonds. The number of piperidine rings is 2. The molecular formula is C36H55NO12. The van der Waals surface area contributed by atoms with Gasteiger partial charge in [-0.2, -0.15) is 0 Å². The fourth-order valence-electron chi connectivity index (χ4n) is 12.6. The molecule has 0 aromatic carbocycles. The number of esters is 3. The summed E-state index contributed by atoms with van der Waals surface area (Å²) in [6, 6.07) is -0.264. The molecule has 3 heterocycles. The Balaban J connectivity index is 1.47. The number of rotatable bonds is 5. The second kappa shape index (κ2) is 11.3. The molecule has 7 fully saturated rings. The van der Waals surface area contributed by atoms with E-state index in [1.165, 1.54) is 13.8 Å². The number of fused-ring (bicyclic) bond motifs is 5. The molecule has 4 bridgehead atoms. The van der Waals surface area contributed by atoms with E-state index in [1.807, 2.05) is 13.8 Å². The van der Waals surface area contributed by atoms with E-state index in [0.29, 0.717) is 25.3 Å². The van der Waals surface area contributed by atoms with Crippen LogP contribution in [0.2, 0.25) is 0 Å². The summed E-state index contributed by atoms with van der Waals surface area (Å²) in [6.45, 7) is 12.9. The molecule has 49 heavy (non-hydrogen) atoms. The molecule has 3 saturated heterocycles. The van der Waals surface area contributed by atoms with Crippen molar-refractivity contribution >= 4 is 17.9 Å². The molecule has 18 unspecified atom stereocenters. The summed E-state index contributed by atoms with van der Waals surface area (Å²) < 4.78 is 24.9. The molecule has 0 aromatic rings. The predicted molar refractivity (Wildman–Crippen MR) is 170 cm³/mol. The van der Waals surface area contributed by atoms with E-state index in [9.17, 15) is 39.9 Å². The molecule has 276 valence electrons. The average Bonchev–Trinajstić information content (AvgIpc) is 3.31. The van der Waals surface area contributed by atoms with Crippen molar-refractivity contribution in [2.45, 2.75) is 146 Å². The van der Waals surface area contributed by atoms with Crippen LogP contribution in [0.3, 0.4) is 0 Å². The van der Waals surface area contributed by atoms with E-state index >= 15 is 0 Å². The van der Waals surface area contributed by atoms with Crippen LogP contribution in [0.25, 0.3) is 0 Å². The van der Waals surface area contributed by atoms with E-state index in [-0.39, 0.29) is 18.9 Å². The van der Waals surface area contributed by atoms with Gasteiger partial charge in [0.1, 0.15) is 23.9 Å². The number of ether oxygens (including phenoxy) is 4. The average molecular weight is 694 g/mol. The van der Waals surface area contributed by atoms with Crippen LogP contribution < -0.4 is 0 Å². The number of aliphatic hydroxyl groups excluding tert-OH is 2. The van der Waals surface area contributed by atoms with Gasteiger partial charge in [0.25, 0.3) is 0 Å². The van der Waals surface area contributed by atoms with Crippen LogP contribution in [0, 0.1) is 46.8 Å². The Morgan fingerprint density at radius 3 is 2.18 bits per heavy atom. The quantitative estimate of drug-likeness (QED) is 0.202. The molecule has 13 nitrogen and oxygen atoms in total. The first-order valence-corrected chi connectivity index (χ1v) is 18.3. The SMILES string of the molecule is CCC(C)C(=O)OC1C(O)C2C(CN3CC(C)CCC3C2(C)O)C2CC34OC5(O)C(O)CCC3(C)C5C(OC(C)=O)C(OC(C)=O)C4C21O. The van der Waals surface area contributed by atoms with Crippen LogP contribution in [-0.2, 0) is 33.3 Å². The van der Waals surface area contributed by atoms with Crippen molar-refractivity contribution in [2.24, 2.45) is 46.8 Å². The zero-order valence-corrected chi connectivity index (χ0v) is 29.7. The van der Waals surface area contributed by atoms with Gasteiger partial charge in [0, 0.05) is 44.3 Å². The Kier molecular flexibility index (Phi) is 8.20.